The molecule has 9 heavy (non-hydrogen) atoms. The smallest absolute Gasteiger partial charge is 0.116 e. The molecule has 0 spiro atoms. The Balaban J connectivity index is 2.94. The number of benzene rings is 1. The molecule has 0 aliphatic carbocycles. The van der Waals surface area contributed by atoms with Crippen LogP contribution in [0, 0.1) is 0 Å². The van der Waals surface area contributed by atoms with E-state index in [9.17, 15) is 0 Å². The molecule has 0 heterocycles. The minimum Gasteiger partial charge on any atom is -0.508 e. The SMILES string of the molecule is CPc1cccc(O)c1. The molecule has 1 aromatic rings. The molecule has 0 saturated carbocycles. The third-order valence-electron chi connectivity index (χ3n) is 1.13. The molecule has 0 aliphatic heterocycles. The van der Waals surface area contributed by atoms with Crippen LogP contribution in [-0.4, -0.2) is 11.8 Å². The minimum absolute atomic E-state index is 0.363. The van der Waals surface area contributed by atoms with Crippen LogP contribution >= 0.6 is 8.58 Å². The average Bonchev–Trinajstić information content (AvgIpc) is 1.88. The first-order valence-electron chi connectivity index (χ1n) is 2.79. The molecule has 0 radical (unpaired) electrons. The zero-order valence-corrected chi connectivity index (χ0v) is 6.26. The first kappa shape index (κ1) is 6.57. The van der Waals surface area contributed by atoms with Gasteiger partial charge in [0.1, 0.15) is 5.75 Å². The van der Waals surface area contributed by atoms with E-state index in [1.165, 1.54) is 5.30 Å². The van der Waals surface area contributed by atoms with E-state index >= 15 is 0 Å². The summed E-state index contributed by atoms with van der Waals surface area (Å²) in [5.41, 5.74) is 0. The second-order valence-corrected chi connectivity index (χ2v) is 2.88. The Labute approximate surface area is 56.5 Å². The maximum atomic E-state index is 8.95. The van der Waals surface area contributed by atoms with Crippen molar-refractivity contribution in [2.45, 2.75) is 0 Å². The second-order valence-electron chi connectivity index (χ2n) is 1.80. The number of rotatable bonds is 1. The van der Waals surface area contributed by atoms with Gasteiger partial charge in [-0.05, 0) is 24.1 Å². The van der Waals surface area contributed by atoms with Crippen LogP contribution in [0.25, 0.3) is 0 Å². The molecule has 0 aromatic heterocycles. The van der Waals surface area contributed by atoms with Crippen LogP contribution in [0.15, 0.2) is 24.3 Å². The molecular weight excluding hydrogens is 131 g/mol. The topological polar surface area (TPSA) is 20.2 Å². The van der Waals surface area contributed by atoms with Crippen LogP contribution in [0.3, 0.4) is 0 Å². The van der Waals surface area contributed by atoms with Gasteiger partial charge in [-0.1, -0.05) is 20.7 Å². The molecule has 1 aromatic carbocycles. The summed E-state index contributed by atoms with van der Waals surface area (Å²) in [5.74, 6) is 0.363. The lowest BCUT2D eigenvalue weighted by Gasteiger charge is -1.94. The lowest BCUT2D eigenvalue weighted by molar-refractivity contribution is 0.476. The van der Waals surface area contributed by atoms with Gasteiger partial charge in [0.15, 0.2) is 0 Å². The molecule has 1 N–H and O–H groups in total. The Morgan fingerprint density at radius 3 is 2.67 bits per heavy atom. The normalized spacial score (nSPS) is 10.8. The highest BCUT2D eigenvalue weighted by atomic mass is 31.1. The van der Waals surface area contributed by atoms with E-state index in [-0.39, 0.29) is 0 Å². The van der Waals surface area contributed by atoms with E-state index in [0.29, 0.717) is 5.75 Å². The molecule has 2 heteroatoms. The fraction of sp³-hybridized carbons (Fsp3) is 0.143. The standard InChI is InChI=1S/C7H9OP/c1-9-7-4-2-3-6(8)5-7/h2-5,8-9H,1H3. The summed E-state index contributed by atoms with van der Waals surface area (Å²) in [7, 11) is 0.766. The average molecular weight is 140 g/mol. The number of hydrogen-bond acceptors (Lipinski definition) is 1. The number of hydrogen-bond donors (Lipinski definition) is 1. The molecular formula is C7H9OP. The van der Waals surface area contributed by atoms with Crippen molar-refractivity contribution in [3.05, 3.63) is 24.3 Å². The van der Waals surface area contributed by atoms with E-state index in [1.807, 2.05) is 12.1 Å². The van der Waals surface area contributed by atoms with E-state index in [1.54, 1.807) is 12.1 Å². The highest BCUT2D eigenvalue weighted by Gasteiger charge is 1.87. The molecule has 1 rings (SSSR count). The Morgan fingerprint density at radius 1 is 1.44 bits per heavy atom. The van der Waals surface area contributed by atoms with Crippen LogP contribution in [0.1, 0.15) is 0 Å². The molecule has 48 valence electrons. The Kier molecular flexibility index (Phi) is 2.07. The summed E-state index contributed by atoms with van der Waals surface area (Å²) in [4.78, 5) is 0. The van der Waals surface area contributed by atoms with Crippen molar-refractivity contribution in [3.8, 4) is 5.75 Å². The van der Waals surface area contributed by atoms with Crippen LogP contribution in [0.2, 0.25) is 0 Å². The van der Waals surface area contributed by atoms with Crippen molar-refractivity contribution >= 4 is 13.9 Å². The highest BCUT2D eigenvalue weighted by molar-refractivity contribution is 7.46. The van der Waals surface area contributed by atoms with Gasteiger partial charge < -0.3 is 5.11 Å². The van der Waals surface area contributed by atoms with Gasteiger partial charge in [-0.2, -0.15) is 0 Å². The molecule has 0 amide bonds. The fourth-order valence-corrected chi connectivity index (χ4v) is 1.22. The van der Waals surface area contributed by atoms with Crippen molar-refractivity contribution < 1.29 is 5.11 Å². The van der Waals surface area contributed by atoms with Crippen LogP contribution in [0.5, 0.6) is 5.75 Å². The van der Waals surface area contributed by atoms with E-state index in [2.05, 4.69) is 6.66 Å². The number of phenols is 1. The molecule has 1 unspecified atom stereocenters. The molecule has 0 fully saturated rings. The predicted molar refractivity (Wildman–Crippen MR) is 42.0 cm³/mol. The first-order chi connectivity index (χ1) is 4.33. The van der Waals surface area contributed by atoms with Crippen LogP contribution in [-0.2, 0) is 0 Å². The third kappa shape index (κ3) is 1.69. The van der Waals surface area contributed by atoms with Crippen molar-refractivity contribution in [1.82, 2.24) is 0 Å². The molecule has 0 bridgehead atoms. The summed E-state index contributed by atoms with van der Waals surface area (Å²) < 4.78 is 0. The van der Waals surface area contributed by atoms with Crippen molar-refractivity contribution in [2.24, 2.45) is 0 Å². The maximum Gasteiger partial charge on any atom is 0.116 e. The Bertz CT molecular complexity index is 198. The largest absolute Gasteiger partial charge is 0.508 e. The summed E-state index contributed by atoms with van der Waals surface area (Å²) >= 11 is 0. The Morgan fingerprint density at radius 2 is 2.22 bits per heavy atom. The lowest BCUT2D eigenvalue weighted by atomic mass is 10.3. The predicted octanol–water partition coefficient (Wildman–Crippen LogP) is 1.33. The fourth-order valence-electron chi connectivity index (χ4n) is 0.661. The zero-order valence-electron chi connectivity index (χ0n) is 5.26. The summed E-state index contributed by atoms with van der Waals surface area (Å²) in [6, 6.07) is 7.35. The second kappa shape index (κ2) is 2.84. The van der Waals surface area contributed by atoms with E-state index in [4.69, 9.17) is 5.11 Å². The molecule has 1 atom stereocenters. The molecule has 0 aliphatic rings. The van der Waals surface area contributed by atoms with Gasteiger partial charge in [0.2, 0.25) is 0 Å². The number of aromatic hydroxyl groups is 1. The third-order valence-corrected chi connectivity index (χ3v) is 2.02. The monoisotopic (exact) mass is 140 g/mol. The van der Waals surface area contributed by atoms with Gasteiger partial charge in [0, 0.05) is 0 Å². The van der Waals surface area contributed by atoms with Gasteiger partial charge in [-0.15, -0.1) is 0 Å². The molecule has 0 saturated heterocycles. The van der Waals surface area contributed by atoms with Gasteiger partial charge in [0.05, 0.1) is 0 Å². The summed E-state index contributed by atoms with van der Waals surface area (Å²) in [6.45, 7) is 2.09. The van der Waals surface area contributed by atoms with Crippen molar-refractivity contribution in [1.29, 1.82) is 0 Å². The quantitative estimate of drug-likeness (QED) is 0.583. The van der Waals surface area contributed by atoms with E-state index in [0.717, 1.165) is 8.58 Å². The summed E-state index contributed by atoms with van der Waals surface area (Å²) in [6.07, 6.45) is 0. The van der Waals surface area contributed by atoms with Crippen LogP contribution < -0.4 is 5.30 Å². The van der Waals surface area contributed by atoms with Gasteiger partial charge >= 0.3 is 0 Å². The maximum absolute atomic E-state index is 8.95. The summed E-state index contributed by atoms with van der Waals surface area (Å²) in [5, 5.41) is 10.2. The van der Waals surface area contributed by atoms with Crippen molar-refractivity contribution in [3.63, 3.8) is 0 Å². The van der Waals surface area contributed by atoms with Crippen LogP contribution in [0.4, 0.5) is 0 Å². The zero-order chi connectivity index (χ0) is 6.69. The Hall–Kier alpha value is -0.550. The minimum atomic E-state index is 0.363. The molecule has 1 nitrogen and oxygen atoms in total. The van der Waals surface area contributed by atoms with Gasteiger partial charge in [0.25, 0.3) is 0 Å². The van der Waals surface area contributed by atoms with Gasteiger partial charge in [-0.25, -0.2) is 0 Å². The number of phenolic OH excluding ortho intramolecular Hbond substituents is 1. The van der Waals surface area contributed by atoms with Gasteiger partial charge in [-0.3, -0.25) is 0 Å². The highest BCUT2D eigenvalue weighted by Crippen LogP contribution is 2.09. The lowest BCUT2D eigenvalue weighted by Crippen LogP contribution is -1.89. The first-order valence-corrected chi connectivity index (χ1v) is 4.29. The van der Waals surface area contributed by atoms with E-state index < -0.39 is 0 Å². The van der Waals surface area contributed by atoms with Crippen molar-refractivity contribution in [2.75, 3.05) is 6.66 Å².